The Labute approximate surface area is 163 Å². The molecule has 0 aromatic heterocycles. The van der Waals surface area contributed by atoms with Crippen LogP contribution in [-0.4, -0.2) is 12.1 Å². The number of benzene rings is 3. The molecule has 0 saturated carbocycles. The van der Waals surface area contributed by atoms with Gasteiger partial charge in [0, 0.05) is 10.6 Å². The molecule has 0 aliphatic rings. The largest absolute Gasteiger partial charge is 0.489 e. The number of hydrazone groups is 1. The lowest BCUT2D eigenvalue weighted by atomic mass is 10.2. The van der Waals surface area contributed by atoms with Gasteiger partial charge in [0.05, 0.1) is 6.21 Å². The molecule has 5 heteroatoms. The van der Waals surface area contributed by atoms with Crippen molar-refractivity contribution in [2.45, 2.75) is 13.5 Å². The van der Waals surface area contributed by atoms with Crippen LogP contribution in [0.5, 0.6) is 5.75 Å². The SMILES string of the molecule is Cc1ccc(COc2ccc(C=NNC(=O)c3cccc(Cl)c3)cc2)cc1. The van der Waals surface area contributed by atoms with Gasteiger partial charge in [-0.05, 0) is 60.5 Å². The van der Waals surface area contributed by atoms with Crippen LogP contribution in [0.25, 0.3) is 0 Å². The maximum absolute atomic E-state index is 12.0. The summed E-state index contributed by atoms with van der Waals surface area (Å²) in [4.78, 5) is 12.0. The number of carbonyl (C=O) groups is 1. The highest BCUT2D eigenvalue weighted by molar-refractivity contribution is 6.30. The van der Waals surface area contributed by atoms with Crippen molar-refractivity contribution in [3.8, 4) is 5.75 Å². The summed E-state index contributed by atoms with van der Waals surface area (Å²) < 4.78 is 5.77. The number of rotatable bonds is 6. The average Bonchev–Trinajstić information content (AvgIpc) is 2.68. The number of halogens is 1. The maximum atomic E-state index is 12.0. The topological polar surface area (TPSA) is 50.7 Å². The van der Waals surface area contributed by atoms with Gasteiger partial charge >= 0.3 is 0 Å². The van der Waals surface area contributed by atoms with Crippen LogP contribution in [0, 0.1) is 6.92 Å². The van der Waals surface area contributed by atoms with Crippen molar-refractivity contribution >= 4 is 23.7 Å². The molecule has 0 saturated heterocycles. The Balaban J connectivity index is 1.51. The molecule has 3 rings (SSSR count). The first-order chi connectivity index (χ1) is 13.1. The van der Waals surface area contributed by atoms with Gasteiger partial charge in [0.2, 0.25) is 0 Å². The highest BCUT2D eigenvalue weighted by Gasteiger charge is 2.04. The minimum absolute atomic E-state index is 0.313. The first-order valence-electron chi connectivity index (χ1n) is 8.47. The molecule has 0 bridgehead atoms. The van der Waals surface area contributed by atoms with Gasteiger partial charge in [0.25, 0.3) is 5.91 Å². The van der Waals surface area contributed by atoms with E-state index in [4.69, 9.17) is 16.3 Å². The molecular formula is C22H19ClN2O2. The number of carbonyl (C=O) groups excluding carboxylic acids is 1. The molecular weight excluding hydrogens is 360 g/mol. The van der Waals surface area contributed by atoms with Crippen LogP contribution < -0.4 is 10.2 Å². The van der Waals surface area contributed by atoms with Gasteiger partial charge in [0.15, 0.2) is 0 Å². The van der Waals surface area contributed by atoms with Crippen molar-refractivity contribution in [3.05, 3.63) is 100 Å². The van der Waals surface area contributed by atoms with Gasteiger partial charge in [-0.15, -0.1) is 0 Å². The average molecular weight is 379 g/mol. The predicted octanol–water partition coefficient (Wildman–Crippen LogP) is 4.99. The molecule has 3 aromatic rings. The van der Waals surface area contributed by atoms with Gasteiger partial charge in [-0.1, -0.05) is 47.5 Å². The van der Waals surface area contributed by atoms with E-state index in [0.717, 1.165) is 16.9 Å². The third-order valence-corrected chi connectivity index (χ3v) is 4.11. The Morgan fingerprint density at radius 3 is 2.52 bits per heavy atom. The second-order valence-corrected chi connectivity index (χ2v) is 6.49. The third-order valence-electron chi connectivity index (χ3n) is 3.87. The van der Waals surface area contributed by atoms with Crippen LogP contribution in [0.4, 0.5) is 0 Å². The molecule has 1 N–H and O–H groups in total. The number of hydrogen-bond donors (Lipinski definition) is 1. The van der Waals surface area contributed by atoms with Crippen LogP contribution in [0.15, 0.2) is 77.9 Å². The molecule has 0 spiro atoms. The molecule has 0 unspecified atom stereocenters. The van der Waals surface area contributed by atoms with Crippen LogP contribution in [0.2, 0.25) is 5.02 Å². The smallest absolute Gasteiger partial charge is 0.271 e. The van der Waals surface area contributed by atoms with E-state index in [1.807, 2.05) is 24.3 Å². The Morgan fingerprint density at radius 2 is 1.81 bits per heavy atom. The summed E-state index contributed by atoms with van der Waals surface area (Å²) in [5.74, 6) is 0.461. The maximum Gasteiger partial charge on any atom is 0.271 e. The molecule has 0 heterocycles. The number of amides is 1. The lowest BCUT2D eigenvalue weighted by molar-refractivity contribution is 0.0955. The number of hydrogen-bond acceptors (Lipinski definition) is 3. The van der Waals surface area contributed by atoms with Crippen molar-refractivity contribution in [2.24, 2.45) is 5.10 Å². The minimum atomic E-state index is -0.313. The van der Waals surface area contributed by atoms with E-state index in [0.29, 0.717) is 17.2 Å². The van der Waals surface area contributed by atoms with Crippen molar-refractivity contribution in [2.75, 3.05) is 0 Å². The predicted molar refractivity (Wildman–Crippen MR) is 108 cm³/mol. The molecule has 0 aliphatic carbocycles. The number of aryl methyl sites for hydroxylation is 1. The lowest BCUT2D eigenvalue weighted by Crippen LogP contribution is -2.17. The van der Waals surface area contributed by atoms with E-state index in [2.05, 4.69) is 41.7 Å². The molecule has 27 heavy (non-hydrogen) atoms. The minimum Gasteiger partial charge on any atom is -0.489 e. The summed E-state index contributed by atoms with van der Waals surface area (Å²) in [5.41, 5.74) is 6.14. The second-order valence-electron chi connectivity index (χ2n) is 6.05. The molecule has 0 aliphatic heterocycles. The summed E-state index contributed by atoms with van der Waals surface area (Å²) in [6, 6.07) is 22.4. The Kier molecular flexibility index (Phi) is 6.23. The second kappa shape index (κ2) is 9.01. The van der Waals surface area contributed by atoms with E-state index in [-0.39, 0.29) is 5.91 Å². The highest BCUT2D eigenvalue weighted by atomic mass is 35.5. The zero-order valence-corrected chi connectivity index (χ0v) is 15.6. The molecule has 3 aromatic carbocycles. The highest BCUT2D eigenvalue weighted by Crippen LogP contribution is 2.14. The fraction of sp³-hybridized carbons (Fsp3) is 0.0909. The fourth-order valence-corrected chi connectivity index (χ4v) is 2.55. The Hall–Kier alpha value is -3.11. The van der Waals surface area contributed by atoms with Gasteiger partial charge in [-0.25, -0.2) is 5.43 Å². The quantitative estimate of drug-likeness (QED) is 0.485. The monoisotopic (exact) mass is 378 g/mol. The van der Waals surface area contributed by atoms with E-state index in [1.54, 1.807) is 30.5 Å². The van der Waals surface area contributed by atoms with Gasteiger partial charge in [0.1, 0.15) is 12.4 Å². The first kappa shape index (κ1) is 18.7. The van der Waals surface area contributed by atoms with E-state index in [1.165, 1.54) is 5.56 Å². The van der Waals surface area contributed by atoms with E-state index in [9.17, 15) is 4.79 Å². The number of nitrogens with one attached hydrogen (secondary N) is 1. The normalized spacial score (nSPS) is 10.7. The van der Waals surface area contributed by atoms with Gasteiger partial charge in [-0.3, -0.25) is 4.79 Å². The van der Waals surface area contributed by atoms with Crippen molar-refractivity contribution in [1.82, 2.24) is 5.43 Å². The van der Waals surface area contributed by atoms with E-state index >= 15 is 0 Å². The summed E-state index contributed by atoms with van der Waals surface area (Å²) in [7, 11) is 0. The Morgan fingerprint density at radius 1 is 1.07 bits per heavy atom. The zero-order chi connectivity index (χ0) is 19.1. The molecule has 0 radical (unpaired) electrons. The standard InChI is InChI=1S/C22H19ClN2O2/c1-16-5-7-18(8-6-16)15-27-21-11-9-17(10-12-21)14-24-25-22(26)19-3-2-4-20(23)13-19/h2-14H,15H2,1H3,(H,25,26). The Bertz CT molecular complexity index is 935. The van der Waals surface area contributed by atoms with Crippen LogP contribution in [-0.2, 0) is 6.61 Å². The van der Waals surface area contributed by atoms with Crippen LogP contribution in [0.3, 0.4) is 0 Å². The van der Waals surface area contributed by atoms with Gasteiger partial charge < -0.3 is 4.74 Å². The fourth-order valence-electron chi connectivity index (χ4n) is 2.36. The van der Waals surface area contributed by atoms with Crippen LogP contribution in [0.1, 0.15) is 27.0 Å². The van der Waals surface area contributed by atoms with Crippen molar-refractivity contribution in [1.29, 1.82) is 0 Å². The van der Waals surface area contributed by atoms with Crippen molar-refractivity contribution in [3.63, 3.8) is 0 Å². The molecule has 1 amide bonds. The number of nitrogens with zero attached hydrogens (tertiary/aromatic N) is 1. The summed E-state index contributed by atoms with van der Waals surface area (Å²) in [5, 5.41) is 4.48. The lowest BCUT2D eigenvalue weighted by Gasteiger charge is -2.07. The zero-order valence-electron chi connectivity index (χ0n) is 14.9. The summed E-state index contributed by atoms with van der Waals surface area (Å²) in [6.45, 7) is 2.58. The first-order valence-corrected chi connectivity index (χ1v) is 8.85. The van der Waals surface area contributed by atoms with Gasteiger partial charge in [-0.2, -0.15) is 5.10 Å². The van der Waals surface area contributed by atoms with Crippen molar-refractivity contribution < 1.29 is 9.53 Å². The van der Waals surface area contributed by atoms with Crippen LogP contribution >= 0.6 is 11.6 Å². The molecule has 0 atom stereocenters. The molecule has 136 valence electrons. The third kappa shape index (κ3) is 5.69. The van der Waals surface area contributed by atoms with E-state index < -0.39 is 0 Å². The summed E-state index contributed by atoms with van der Waals surface area (Å²) in [6.07, 6.45) is 1.58. The summed E-state index contributed by atoms with van der Waals surface area (Å²) >= 11 is 5.88. The number of ether oxygens (including phenoxy) is 1. The molecule has 0 fully saturated rings. The molecule has 4 nitrogen and oxygen atoms in total.